The summed E-state index contributed by atoms with van der Waals surface area (Å²) in [5.74, 6) is -0.129. The summed E-state index contributed by atoms with van der Waals surface area (Å²) >= 11 is 6.02. The number of nitrogens with one attached hydrogen (secondary N) is 1. The summed E-state index contributed by atoms with van der Waals surface area (Å²) < 4.78 is 0. The third kappa shape index (κ3) is 3.53. The maximum atomic E-state index is 11.9. The van der Waals surface area contributed by atoms with E-state index in [2.05, 4.69) is 27.6 Å². The second kappa shape index (κ2) is 6.73. The average Bonchev–Trinajstić information content (AvgIpc) is 2.91. The van der Waals surface area contributed by atoms with E-state index in [1.54, 1.807) is 12.3 Å². The maximum absolute atomic E-state index is 11.9. The predicted octanol–water partition coefficient (Wildman–Crippen LogP) is 2.81. The minimum Gasteiger partial charge on any atom is -0.286 e. The Morgan fingerprint density at radius 3 is 2.45 bits per heavy atom. The highest BCUT2D eigenvalue weighted by molar-refractivity contribution is 6.33. The van der Waals surface area contributed by atoms with Crippen molar-refractivity contribution in [3.8, 4) is 0 Å². The van der Waals surface area contributed by atoms with Crippen molar-refractivity contribution < 1.29 is 4.79 Å². The van der Waals surface area contributed by atoms with Crippen LogP contribution in [0.2, 0.25) is 5.02 Å². The molecule has 1 heterocycles. The molecule has 4 nitrogen and oxygen atoms in total. The summed E-state index contributed by atoms with van der Waals surface area (Å²) in [6, 6.07) is 15.6. The van der Waals surface area contributed by atoms with Gasteiger partial charge in [0.15, 0.2) is 0 Å². The molecule has 0 radical (unpaired) electrons. The first-order chi connectivity index (χ1) is 10.7. The molecular weight excluding hydrogens is 298 g/mol. The number of carbonyl (C=O) groups excluding carboxylic acids is 1. The van der Waals surface area contributed by atoms with Gasteiger partial charge in [-0.1, -0.05) is 54.1 Å². The van der Waals surface area contributed by atoms with Crippen LogP contribution in [0.4, 0.5) is 0 Å². The summed E-state index contributed by atoms with van der Waals surface area (Å²) in [5.41, 5.74) is 5.89. The molecule has 0 saturated carbocycles. The molecule has 1 amide bonds. The van der Waals surface area contributed by atoms with E-state index in [-0.39, 0.29) is 5.91 Å². The SMILES string of the molecule is O=C(CN1Cc2ccccc2C1)N/N=C\c1ccccc1Cl. The zero-order valence-electron chi connectivity index (χ0n) is 12.0. The standard InChI is InChI=1S/C17H16ClN3O/c18-16-8-4-3-5-13(16)9-19-20-17(22)12-21-10-14-6-1-2-7-15(14)11-21/h1-9H,10-12H2,(H,20,22)/b19-9-. The lowest BCUT2D eigenvalue weighted by Gasteiger charge is -2.12. The van der Waals surface area contributed by atoms with E-state index in [9.17, 15) is 4.79 Å². The molecule has 0 saturated heterocycles. The van der Waals surface area contributed by atoms with E-state index >= 15 is 0 Å². The molecule has 3 rings (SSSR count). The van der Waals surface area contributed by atoms with Gasteiger partial charge in [-0.3, -0.25) is 9.69 Å². The van der Waals surface area contributed by atoms with Gasteiger partial charge in [0.25, 0.3) is 5.91 Å². The van der Waals surface area contributed by atoms with Crippen molar-refractivity contribution in [3.05, 3.63) is 70.2 Å². The Kier molecular flexibility index (Phi) is 4.51. The third-order valence-electron chi connectivity index (χ3n) is 3.57. The average molecular weight is 314 g/mol. The van der Waals surface area contributed by atoms with Gasteiger partial charge in [-0.05, 0) is 17.2 Å². The number of nitrogens with zero attached hydrogens (tertiary/aromatic N) is 2. The molecule has 5 heteroatoms. The van der Waals surface area contributed by atoms with Gasteiger partial charge in [0, 0.05) is 23.7 Å². The highest BCUT2D eigenvalue weighted by Gasteiger charge is 2.19. The van der Waals surface area contributed by atoms with Crippen LogP contribution in [0, 0.1) is 0 Å². The van der Waals surface area contributed by atoms with Crippen molar-refractivity contribution in [2.45, 2.75) is 13.1 Å². The number of fused-ring (bicyclic) bond motifs is 1. The number of hydrazone groups is 1. The van der Waals surface area contributed by atoms with Gasteiger partial charge in [0.05, 0.1) is 12.8 Å². The number of hydrogen-bond donors (Lipinski definition) is 1. The minimum absolute atomic E-state index is 0.129. The molecule has 1 aliphatic rings. The van der Waals surface area contributed by atoms with Crippen molar-refractivity contribution in [2.75, 3.05) is 6.54 Å². The first-order valence-electron chi connectivity index (χ1n) is 7.08. The molecule has 22 heavy (non-hydrogen) atoms. The number of amides is 1. The molecule has 1 aliphatic heterocycles. The molecule has 0 spiro atoms. The van der Waals surface area contributed by atoms with Crippen LogP contribution < -0.4 is 5.43 Å². The quantitative estimate of drug-likeness (QED) is 0.697. The zero-order valence-corrected chi connectivity index (χ0v) is 12.8. The Labute approximate surface area is 134 Å². The first kappa shape index (κ1) is 14.8. The van der Waals surface area contributed by atoms with Crippen molar-refractivity contribution in [1.29, 1.82) is 0 Å². The smallest absolute Gasteiger partial charge is 0.254 e. The van der Waals surface area contributed by atoms with E-state index in [1.165, 1.54) is 11.1 Å². The predicted molar refractivity (Wildman–Crippen MR) is 87.7 cm³/mol. The number of hydrogen-bond acceptors (Lipinski definition) is 3. The lowest BCUT2D eigenvalue weighted by atomic mass is 10.1. The Bertz CT molecular complexity index is 690. The van der Waals surface area contributed by atoms with Gasteiger partial charge < -0.3 is 0 Å². The van der Waals surface area contributed by atoms with Crippen molar-refractivity contribution in [1.82, 2.24) is 10.3 Å². The van der Waals surface area contributed by atoms with Crippen LogP contribution in [0.3, 0.4) is 0 Å². The van der Waals surface area contributed by atoms with Gasteiger partial charge in [-0.25, -0.2) is 5.43 Å². The van der Waals surface area contributed by atoms with Crippen molar-refractivity contribution >= 4 is 23.7 Å². The molecule has 0 fully saturated rings. The second-order valence-corrected chi connectivity index (χ2v) is 5.64. The fraction of sp³-hybridized carbons (Fsp3) is 0.176. The molecule has 0 aromatic heterocycles. The van der Waals surface area contributed by atoms with Crippen molar-refractivity contribution in [2.24, 2.45) is 5.10 Å². The first-order valence-corrected chi connectivity index (χ1v) is 7.46. The monoisotopic (exact) mass is 313 g/mol. The lowest BCUT2D eigenvalue weighted by Crippen LogP contribution is -2.32. The summed E-state index contributed by atoms with van der Waals surface area (Å²) in [6.45, 7) is 1.93. The maximum Gasteiger partial charge on any atom is 0.254 e. The summed E-state index contributed by atoms with van der Waals surface area (Å²) in [4.78, 5) is 14.0. The van der Waals surface area contributed by atoms with Crippen LogP contribution in [0.25, 0.3) is 0 Å². The summed E-state index contributed by atoms with van der Waals surface area (Å²) in [5, 5.41) is 4.56. The van der Waals surface area contributed by atoms with Gasteiger partial charge in [0.1, 0.15) is 0 Å². The molecular formula is C17H16ClN3O. The van der Waals surface area contributed by atoms with Gasteiger partial charge in [-0.2, -0.15) is 5.10 Å². The topological polar surface area (TPSA) is 44.7 Å². The minimum atomic E-state index is -0.129. The van der Waals surface area contributed by atoms with Gasteiger partial charge >= 0.3 is 0 Å². The molecule has 0 unspecified atom stereocenters. The molecule has 112 valence electrons. The lowest BCUT2D eigenvalue weighted by molar-refractivity contribution is -0.122. The molecule has 0 aliphatic carbocycles. The van der Waals surface area contributed by atoms with E-state index in [0.717, 1.165) is 18.7 Å². The second-order valence-electron chi connectivity index (χ2n) is 5.23. The van der Waals surface area contributed by atoms with E-state index in [0.29, 0.717) is 11.6 Å². The molecule has 1 N–H and O–H groups in total. The van der Waals surface area contributed by atoms with Crippen LogP contribution in [-0.2, 0) is 17.9 Å². The molecule has 2 aromatic carbocycles. The highest BCUT2D eigenvalue weighted by Crippen LogP contribution is 2.21. The Morgan fingerprint density at radius 1 is 1.14 bits per heavy atom. The molecule has 0 bridgehead atoms. The molecule has 2 aromatic rings. The van der Waals surface area contributed by atoms with Crippen LogP contribution in [0.1, 0.15) is 16.7 Å². The third-order valence-corrected chi connectivity index (χ3v) is 3.92. The molecule has 0 atom stereocenters. The summed E-state index contributed by atoms with van der Waals surface area (Å²) in [6.07, 6.45) is 1.55. The van der Waals surface area contributed by atoms with Crippen LogP contribution in [0.5, 0.6) is 0 Å². The zero-order chi connectivity index (χ0) is 15.4. The highest BCUT2D eigenvalue weighted by atomic mass is 35.5. The number of benzene rings is 2. The largest absolute Gasteiger partial charge is 0.286 e. The fourth-order valence-electron chi connectivity index (χ4n) is 2.51. The van der Waals surface area contributed by atoms with E-state index in [1.807, 2.05) is 30.3 Å². The summed E-state index contributed by atoms with van der Waals surface area (Å²) in [7, 11) is 0. The van der Waals surface area contributed by atoms with E-state index in [4.69, 9.17) is 11.6 Å². The number of rotatable bonds is 4. The Balaban J connectivity index is 1.51. The van der Waals surface area contributed by atoms with Gasteiger partial charge in [-0.15, -0.1) is 0 Å². The Hall–Kier alpha value is -2.17. The van der Waals surface area contributed by atoms with Crippen LogP contribution >= 0.6 is 11.6 Å². The van der Waals surface area contributed by atoms with Crippen molar-refractivity contribution in [3.63, 3.8) is 0 Å². The fourth-order valence-corrected chi connectivity index (χ4v) is 2.69. The normalized spacial score (nSPS) is 14.2. The number of halogens is 1. The van der Waals surface area contributed by atoms with Gasteiger partial charge in [0.2, 0.25) is 0 Å². The Morgan fingerprint density at radius 2 is 1.77 bits per heavy atom. The number of carbonyl (C=O) groups is 1. The van der Waals surface area contributed by atoms with E-state index < -0.39 is 0 Å². The van der Waals surface area contributed by atoms with Crippen LogP contribution in [-0.4, -0.2) is 23.6 Å². The van der Waals surface area contributed by atoms with Crippen LogP contribution in [0.15, 0.2) is 53.6 Å².